The number of ether oxygens (including phenoxy) is 1. The highest BCUT2D eigenvalue weighted by Crippen LogP contribution is 2.14. The van der Waals surface area contributed by atoms with Crippen molar-refractivity contribution < 1.29 is 24.5 Å². The standard InChI is InChI=1S/C24H46O5/c1-2-3-4-5-6-7-8-9-10-11-12-13-14-15-16-17-18-19-20-29-22(24(27)28)21-23(25)26/h22H,2-21H2,1H3,(H,25,26)(H,27,28). The van der Waals surface area contributed by atoms with Gasteiger partial charge in [-0.25, -0.2) is 4.79 Å². The zero-order valence-electron chi connectivity index (χ0n) is 18.8. The van der Waals surface area contributed by atoms with E-state index in [0.717, 1.165) is 19.3 Å². The third kappa shape index (κ3) is 21.4. The van der Waals surface area contributed by atoms with Gasteiger partial charge in [0, 0.05) is 6.61 Å². The highest BCUT2D eigenvalue weighted by atomic mass is 16.5. The van der Waals surface area contributed by atoms with Crippen molar-refractivity contribution in [2.45, 2.75) is 135 Å². The minimum Gasteiger partial charge on any atom is -0.481 e. The van der Waals surface area contributed by atoms with Gasteiger partial charge in [-0.05, 0) is 6.42 Å². The molecule has 5 heteroatoms. The van der Waals surface area contributed by atoms with E-state index >= 15 is 0 Å². The monoisotopic (exact) mass is 414 g/mol. The summed E-state index contributed by atoms with van der Waals surface area (Å²) in [6, 6.07) is 0. The Kier molecular flexibility index (Phi) is 20.8. The summed E-state index contributed by atoms with van der Waals surface area (Å²) in [5.41, 5.74) is 0. The molecule has 0 radical (unpaired) electrons. The molecule has 0 saturated carbocycles. The average Bonchev–Trinajstić information content (AvgIpc) is 2.68. The van der Waals surface area contributed by atoms with E-state index in [1.165, 1.54) is 96.3 Å². The number of carbonyl (C=O) groups is 2. The Hall–Kier alpha value is -1.10. The van der Waals surface area contributed by atoms with E-state index in [1.807, 2.05) is 0 Å². The highest BCUT2D eigenvalue weighted by Gasteiger charge is 2.21. The first-order valence-electron chi connectivity index (χ1n) is 12.1. The second-order valence-corrected chi connectivity index (χ2v) is 8.31. The molecule has 0 aromatic rings. The van der Waals surface area contributed by atoms with E-state index in [1.54, 1.807) is 0 Å². The fourth-order valence-corrected chi connectivity index (χ4v) is 3.61. The van der Waals surface area contributed by atoms with Crippen LogP contribution in [0.2, 0.25) is 0 Å². The lowest BCUT2D eigenvalue weighted by molar-refractivity contribution is -0.156. The van der Waals surface area contributed by atoms with Crippen molar-refractivity contribution >= 4 is 11.9 Å². The minimum atomic E-state index is -1.22. The summed E-state index contributed by atoms with van der Waals surface area (Å²) in [7, 11) is 0. The molecule has 1 atom stereocenters. The largest absolute Gasteiger partial charge is 0.481 e. The predicted molar refractivity (Wildman–Crippen MR) is 118 cm³/mol. The normalized spacial score (nSPS) is 12.2. The van der Waals surface area contributed by atoms with E-state index in [-0.39, 0.29) is 0 Å². The number of unbranched alkanes of at least 4 members (excludes halogenated alkanes) is 17. The Balaban J connectivity index is 3.22. The maximum Gasteiger partial charge on any atom is 0.333 e. The predicted octanol–water partition coefficient (Wildman–Crippen LogP) is 6.97. The summed E-state index contributed by atoms with van der Waals surface area (Å²) in [5.74, 6) is -2.34. The number of carboxylic acids is 2. The van der Waals surface area contributed by atoms with Crippen LogP contribution in [-0.4, -0.2) is 34.9 Å². The van der Waals surface area contributed by atoms with E-state index < -0.39 is 24.5 Å². The molecule has 0 saturated heterocycles. The topological polar surface area (TPSA) is 83.8 Å². The molecule has 0 spiro atoms. The van der Waals surface area contributed by atoms with Gasteiger partial charge in [-0.3, -0.25) is 4.79 Å². The van der Waals surface area contributed by atoms with E-state index in [4.69, 9.17) is 14.9 Å². The summed E-state index contributed by atoms with van der Waals surface area (Å²) in [6.45, 7) is 2.59. The van der Waals surface area contributed by atoms with Gasteiger partial charge in [0.1, 0.15) is 0 Å². The van der Waals surface area contributed by atoms with E-state index in [2.05, 4.69) is 6.92 Å². The van der Waals surface area contributed by atoms with Gasteiger partial charge in [-0.2, -0.15) is 0 Å². The van der Waals surface area contributed by atoms with Gasteiger partial charge >= 0.3 is 11.9 Å². The maximum absolute atomic E-state index is 10.9. The highest BCUT2D eigenvalue weighted by molar-refractivity contribution is 5.79. The number of hydrogen-bond donors (Lipinski definition) is 2. The second kappa shape index (κ2) is 21.6. The number of rotatable bonds is 23. The molecule has 0 fully saturated rings. The summed E-state index contributed by atoms with van der Waals surface area (Å²) in [6.07, 6.45) is 21.8. The molecule has 0 rings (SSSR count). The maximum atomic E-state index is 10.9. The Morgan fingerprint density at radius 3 is 1.28 bits per heavy atom. The van der Waals surface area contributed by atoms with Gasteiger partial charge in [-0.15, -0.1) is 0 Å². The fourth-order valence-electron chi connectivity index (χ4n) is 3.61. The SMILES string of the molecule is CCCCCCCCCCCCCCCCCCCCOC(CC(=O)O)C(=O)O. The van der Waals surface area contributed by atoms with Gasteiger partial charge in [-0.1, -0.05) is 116 Å². The molecule has 29 heavy (non-hydrogen) atoms. The lowest BCUT2D eigenvalue weighted by Crippen LogP contribution is -2.27. The average molecular weight is 415 g/mol. The van der Waals surface area contributed by atoms with Gasteiger partial charge in [0.05, 0.1) is 6.42 Å². The van der Waals surface area contributed by atoms with Crippen LogP contribution in [0.1, 0.15) is 129 Å². The van der Waals surface area contributed by atoms with Crippen molar-refractivity contribution in [2.24, 2.45) is 0 Å². The Morgan fingerprint density at radius 1 is 0.621 bits per heavy atom. The first-order valence-corrected chi connectivity index (χ1v) is 12.1. The van der Waals surface area contributed by atoms with Crippen molar-refractivity contribution in [3.8, 4) is 0 Å². The quantitative estimate of drug-likeness (QED) is 0.176. The zero-order chi connectivity index (χ0) is 21.6. The van der Waals surface area contributed by atoms with Crippen molar-refractivity contribution in [3.63, 3.8) is 0 Å². The van der Waals surface area contributed by atoms with E-state index in [9.17, 15) is 9.59 Å². The summed E-state index contributed by atoms with van der Waals surface area (Å²) in [4.78, 5) is 21.4. The summed E-state index contributed by atoms with van der Waals surface area (Å²) >= 11 is 0. The molecule has 5 nitrogen and oxygen atoms in total. The smallest absolute Gasteiger partial charge is 0.333 e. The molecule has 0 aliphatic heterocycles. The Labute approximate surface area is 178 Å². The lowest BCUT2D eigenvalue weighted by atomic mass is 10.0. The lowest BCUT2D eigenvalue weighted by Gasteiger charge is -2.11. The minimum absolute atomic E-state index is 0.322. The Morgan fingerprint density at radius 2 is 0.966 bits per heavy atom. The van der Waals surface area contributed by atoms with Crippen LogP contribution in [0.15, 0.2) is 0 Å². The van der Waals surface area contributed by atoms with Crippen LogP contribution in [0.25, 0.3) is 0 Å². The molecule has 0 heterocycles. The molecule has 0 amide bonds. The van der Waals surface area contributed by atoms with Crippen LogP contribution in [-0.2, 0) is 14.3 Å². The van der Waals surface area contributed by atoms with Gasteiger partial charge < -0.3 is 14.9 Å². The zero-order valence-corrected chi connectivity index (χ0v) is 18.8. The molecule has 1 unspecified atom stereocenters. The molecule has 172 valence electrons. The molecular formula is C24H46O5. The first kappa shape index (κ1) is 27.9. The van der Waals surface area contributed by atoms with Crippen molar-refractivity contribution in [1.82, 2.24) is 0 Å². The summed E-state index contributed by atoms with van der Waals surface area (Å²) < 4.78 is 5.16. The fraction of sp³-hybridized carbons (Fsp3) is 0.917. The Bertz CT molecular complexity index is 383. The van der Waals surface area contributed by atoms with Gasteiger partial charge in [0.2, 0.25) is 0 Å². The van der Waals surface area contributed by atoms with Crippen LogP contribution < -0.4 is 0 Å². The molecule has 0 aromatic carbocycles. The third-order valence-corrected chi connectivity index (χ3v) is 5.45. The van der Waals surface area contributed by atoms with Crippen molar-refractivity contribution in [1.29, 1.82) is 0 Å². The number of hydrogen-bond acceptors (Lipinski definition) is 3. The molecule has 0 aliphatic rings. The van der Waals surface area contributed by atoms with Crippen molar-refractivity contribution in [2.75, 3.05) is 6.61 Å². The molecule has 0 aliphatic carbocycles. The van der Waals surface area contributed by atoms with Crippen LogP contribution in [0.5, 0.6) is 0 Å². The van der Waals surface area contributed by atoms with Crippen LogP contribution in [0, 0.1) is 0 Å². The van der Waals surface area contributed by atoms with Crippen molar-refractivity contribution in [3.05, 3.63) is 0 Å². The van der Waals surface area contributed by atoms with E-state index in [0.29, 0.717) is 6.61 Å². The second-order valence-electron chi connectivity index (χ2n) is 8.31. The molecule has 2 N–H and O–H groups in total. The number of carboxylic acid groups (broad SMARTS) is 2. The van der Waals surface area contributed by atoms with Crippen LogP contribution >= 0.6 is 0 Å². The molecule has 0 aromatic heterocycles. The third-order valence-electron chi connectivity index (χ3n) is 5.45. The van der Waals surface area contributed by atoms with Gasteiger partial charge in [0.25, 0.3) is 0 Å². The first-order chi connectivity index (χ1) is 14.1. The van der Waals surface area contributed by atoms with Crippen LogP contribution in [0.3, 0.4) is 0 Å². The van der Waals surface area contributed by atoms with Crippen LogP contribution in [0.4, 0.5) is 0 Å². The summed E-state index contributed by atoms with van der Waals surface area (Å²) in [5, 5.41) is 17.5. The number of aliphatic carboxylic acids is 2. The molecule has 0 bridgehead atoms. The molecular weight excluding hydrogens is 368 g/mol. The van der Waals surface area contributed by atoms with Gasteiger partial charge in [0.15, 0.2) is 6.10 Å².